The molecule has 0 saturated carbocycles. The molecule has 2 aromatic carbocycles. The number of ether oxygens (including phenoxy) is 2. The maximum Gasteiger partial charge on any atom is 0.119 e. The van der Waals surface area contributed by atoms with Crippen LogP contribution in [0.2, 0.25) is 5.02 Å². The number of nitrogens with one attached hydrogen (secondary N) is 1. The Balaban J connectivity index is 1.96. The molecule has 6 heteroatoms. The first kappa shape index (κ1) is 24.9. The molecule has 2 aromatic rings. The molecule has 0 fully saturated rings. The van der Waals surface area contributed by atoms with E-state index in [1.54, 1.807) is 7.05 Å². The molecule has 168 valence electrons. The second-order valence-corrected chi connectivity index (χ2v) is 7.69. The summed E-state index contributed by atoms with van der Waals surface area (Å²) in [6.45, 7) is 9.24. The highest BCUT2D eigenvalue weighted by atomic mass is 35.5. The Morgan fingerprint density at radius 1 is 1.13 bits per heavy atom. The van der Waals surface area contributed by atoms with E-state index in [0.29, 0.717) is 13.3 Å². The van der Waals surface area contributed by atoms with E-state index in [2.05, 4.69) is 40.4 Å². The van der Waals surface area contributed by atoms with Crippen molar-refractivity contribution < 1.29 is 9.47 Å². The molecule has 0 aliphatic rings. The average molecular weight is 444 g/mol. The van der Waals surface area contributed by atoms with Crippen LogP contribution < -0.4 is 10.1 Å². The molecule has 0 spiro atoms. The van der Waals surface area contributed by atoms with Gasteiger partial charge in [0.25, 0.3) is 0 Å². The van der Waals surface area contributed by atoms with Gasteiger partial charge in [-0.05, 0) is 62.1 Å². The third-order valence-electron chi connectivity index (χ3n) is 4.88. The molecule has 2 rings (SSSR count). The number of halogens is 1. The molecule has 0 bridgehead atoms. The summed E-state index contributed by atoms with van der Waals surface area (Å²) in [7, 11) is 1.78. The van der Waals surface area contributed by atoms with E-state index in [1.807, 2.05) is 51.3 Å². The van der Waals surface area contributed by atoms with Crippen LogP contribution in [0, 0.1) is 0 Å². The van der Waals surface area contributed by atoms with Crippen molar-refractivity contribution in [2.45, 2.75) is 52.7 Å². The van der Waals surface area contributed by atoms with Crippen LogP contribution in [-0.4, -0.2) is 38.5 Å². The van der Waals surface area contributed by atoms with Crippen molar-refractivity contribution in [3.8, 4) is 5.75 Å². The van der Waals surface area contributed by atoms with Gasteiger partial charge in [0.15, 0.2) is 0 Å². The van der Waals surface area contributed by atoms with Gasteiger partial charge in [0.1, 0.15) is 12.4 Å². The second kappa shape index (κ2) is 13.1. The number of benzene rings is 2. The van der Waals surface area contributed by atoms with Gasteiger partial charge in [0.05, 0.1) is 24.7 Å². The number of rotatable bonds is 11. The predicted molar refractivity (Wildman–Crippen MR) is 131 cm³/mol. The largest absolute Gasteiger partial charge is 0.494 e. The maximum atomic E-state index is 6.47. The van der Waals surface area contributed by atoms with E-state index in [1.165, 1.54) is 5.56 Å². The van der Waals surface area contributed by atoms with E-state index >= 15 is 0 Å². The Kier molecular flexibility index (Phi) is 10.5. The lowest BCUT2D eigenvalue weighted by atomic mass is 10.0. The number of hydrogen-bond acceptors (Lipinski definition) is 4. The van der Waals surface area contributed by atoms with Gasteiger partial charge < -0.3 is 14.8 Å². The van der Waals surface area contributed by atoms with Crippen LogP contribution in [0.4, 0.5) is 0 Å². The van der Waals surface area contributed by atoms with Crippen LogP contribution in [0.5, 0.6) is 5.75 Å². The Bertz CT molecular complexity index is 866. The van der Waals surface area contributed by atoms with Crippen molar-refractivity contribution in [2.75, 3.05) is 20.3 Å². The molecule has 0 saturated heterocycles. The van der Waals surface area contributed by atoms with Crippen molar-refractivity contribution >= 4 is 23.7 Å². The lowest BCUT2D eigenvalue weighted by molar-refractivity contribution is 0.0462. The summed E-state index contributed by atoms with van der Waals surface area (Å²) >= 11 is 6.47. The van der Waals surface area contributed by atoms with E-state index in [4.69, 9.17) is 21.1 Å². The van der Waals surface area contributed by atoms with Gasteiger partial charge in [0.2, 0.25) is 0 Å². The van der Waals surface area contributed by atoms with Crippen molar-refractivity contribution in [3.63, 3.8) is 0 Å². The zero-order valence-electron chi connectivity index (χ0n) is 19.2. The summed E-state index contributed by atoms with van der Waals surface area (Å²) in [5.41, 5.74) is 3.36. The van der Waals surface area contributed by atoms with Gasteiger partial charge in [-0.1, -0.05) is 42.8 Å². The normalized spacial score (nSPS) is 13.9. The molecular formula is C25H34ClN3O2. The number of amidine groups is 1. The van der Waals surface area contributed by atoms with Gasteiger partial charge in [-0.25, -0.2) is 0 Å². The minimum absolute atomic E-state index is 0.0748. The summed E-state index contributed by atoms with van der Waals surface area (Å²) in [6.07, 6.45) is 3.26. The molecule has 5 nitrogen and oxygen atoms in total. The molecule has 0 aliphatic carbocycles. The summed E-state index contributed by atoms with van der Waals surface area (Å²) in [4.78, 5) is 8.54. The zero-order chi connectivity index (χ0) is 22.6. The van der Waals surface area contributed by atoms with Crippen LogP contribution in [0.15, 0.2) is 52.4 Å². The lowest BCUT2D eigenvalue weighted by Crippen LogP contribution is -2.23. The molecule has 2 unspecified atom stereocenters. The quantitative estimate of drug-likeness (QED) is 0.350. The highest BCUT2D eigenvalue weighted by molar-refractivity contribution is 6.31. The van der Waals surface area contributed by atoms with E-state index in [9.17, 15) is 0 Å². The monoisotopic (exact) mass is 443 g/mol. The fourth-order valence-corrected chi connectivity index (χ4v) is 3.39. The third-order valence-corrected chi connectivity index (χ3v) is 5.25. The topological polar surface area (TPSA) is 55.2 Å². The molecule has 0 aromatic heterocycles. The number of nitrogens with zero attached hydrogens (tertiary/aromatic N) is 2. The van der Waals surface area contributed by atoms with Crippen molar-refractivity contribution in [3.05, 3.63) is 64.2 Å². The van der Waals surface area contributed by atoms with Gasteiger partial charge in [-0.3, -0.25) is 9.98 Å². The van der Waals surface area contributed by atoms with Crippen LogP contribution in [-0.2, 0) is 11.2 Å². The fourth-order valence-electron chi connectivity index (χ4n) is 3.21. The Labute approximate surface area is 191 Å². The summed E-state index contributed by atoms with van der Waals surface area (Å²) < 4.78 is 11.6. The summed E-state index contributed by atoms with van der Waals surface area (Å²) in [6, 6.07) is 14.2. The SMILES string of the molecule is CCOc1ccc(Cc2cc(C(C)OC(C)C=NCNC(CC)=NC)ccc2Cl)cc1. The van der Waals surface area contributed by atoms with E-state index in [0.717, 1.165) is 40.6 Å². The van der Waals surface area contributed by atoms with Crippen molar-refractivity contribution in [1.82, 2.24) is 5.32 Å². The molecule has 1 N–H and O–H groups in total. The number of hydrogen-bond donors (Lipinski definition) is 1. The fraction of sp³-hybridized carbons (Fsp3) is 0.440. The zero-order valence-corrected chi connectivity index (χ0v) is 19.9. The first-order valence-corrected chi connectivity index (χ1v) is 11.2. The smallest absolute Gasteiger partial charge is 0.119 e. The molecule has 0 aliphatic heterocycles. The number of aliphatic imine (C=N–C) groups is 2. The van der Waals surface area contributed by atoms with E-state index < -0.39 is 0 Å². The van der Waals surface area contributed by atoms with Crippen molar-refractivity contribution in [2.24, 2.45) is 9.98 Å². The second-order valence-electron chi connectivity index (χ2n) is 7.28. The summed E-state index contributed by atoms with van der Waals surface area (Å²) in [5.74, 6) is 1.83. The Morgan fingerprint density at radius 3 is 2.52 bits per heavy atom. The van der Waals surface area contributed by atoms with Crippen LogP contribution in [0.1, 0.15) is 56.9 Å². The van der Waals surface area contributed by atoms with Gasteiger partial charge >= 0.3 is 0 Å². The lowest BCUT2D eigenvalue weighted by Gasteiger charge is -2.18. The minimum atomic E-state index is -0.106. The van der Waals surface area contributed by atoms with Crippen LogP contribution in [0.3, 0.4) is 0 Å². The third kappa shape index (κ3) is 8.35. The van der Waals surface area contributed by atoms with Crippen LogP contribution in [0.25, 0.3) is 0 Å². The Hall–Kier alpha value is -2.37. The highest BCUT2D eigenvalue weighted by Crippen LogP contribution is 2.26. The first-order chi connectivity index (χ1) is 15.0. The van der Waals surface area contributed by atoms with Crippen molar-refractivity contribution in [1.29, 1.82) is 0 Å². The molecule has 2 atom stereocenters. The molecule has 0 heterocycles. The molecule has 0 amide bonds. The molecular weight excluding hydrogens is 410 g/mol. The highest BCUT2D eigenvalue weighted by Gasteiger charge is 2.12. The first-order valence-electron chi connectivity index (χ1n) is 10.8. The predicted octanol–water partition coefficient (Wildman–Crippen LogP) is 5.85. The molecule has 0 radical (unpaired) electrons. The van der Waals surface area contributed by atoms with E-state index in [-0.39, 0.29) is 12.2 Å². The average Bonchev–Trinajstić information content (AvgIpc) is 2.77. The van der Waals surface area contributed by atoms with Gasteiger partial charge in [-0.2, -0.15) is 0 Å². The van der Waals surface area contributed by atoms with Gasteiger partial charge in [0, 0.05) is 24.7 Å². The van der Waals surface area contributed by atoms with Gasteiger partial charge in [-0.15, -0.1) is 0 Å². The minimum Gasteiger partial charge on any atom is -0.494 e. The summed E-state index contributed by atoms with van der Waals surface area (Å²) in [5, 5.41) is 3.94. The molecule has 31 heavy (non-hydrogen) atoms. The van der Waals surface area contributed by atoms with Crippen LogP contribution >= 0.6 is 11.6 Å². The standard InChI is InChI=1S/C25H34ClN3O2/c1-6-25(27-5)29-17-28-16-18(3)31-19(4)21-10-13-24(26)22(15-21)14-20-8-11-23(12-9-20)30-7-2/h8-13,15-16,18-19H,6-7,14,17H2,1-5H3,(H,27,29). The maximum absolute atomic E-state index is 6.47. The Morgan fingerprint density at radius 2 is 1.87 bits per heavy atom.